The Morgan fingerprint density at radius 2 is 2.10 bits per heavy atom. The van der Waals surface area contributed by atoms with Crippen LogP contribution in [0.4, 0.5) is 8.78 Å². The first-order chi connectivity index (χ1) is 10.1. The van der Waals surface area contributed by atoms with Crippen molar-refractivity contribution < 1.29 is 13.6 Å². The summed E-state index contributed by atoms with van der Waals surface area (Å²) in [6, 6.07) is 5.96. The van der Waals surface area contributed by atoms with Crippen molar-refractivity contribution in [2.24, 2.45) is 0 Å². The summed E-state index contributed by atoms with van der Waals surface area (Å²) < 4.78 is 26.5. The van der Waals surface area contributed by atoms with E-state index in [1.54, 1.807) is 0 Å². The van der Waals surface area contributed by atoms with E-state index in [0.29, 0.717) is 6.54 Å². The molecule has 0 spiro atoms. The third-order valence-electron chi connectivity index (χ3n) is 3.63. The number of nitriles is 1. The van der Waals surface area contributed by atoms with Gasteiger partial charge in [-0.05, 0) is 18.9 Å². The number of carbonyl (C=O) groups is 1. The molecule has 1 aromatic carbocycles. The second-order valence-electron chi connectivity index (χ2n) is 5.17. The van der Waals surface area contributed by atoms with Crippen molar-refractivity contribution in [2.45, 2.75) is 25.3 Å². The van der Waals surface area contributed by atoms with Crippen LogP contribution in [0.3, 0.4) is 0 Å². The summed E-state index contributed by atoms with van der Waals surface area (Å²) in [5.41, 5.74) is 0.0643. The van der Waals surface area contributed by atoms with E-state index in [2.05, 4.69) is 11.4 Å². The maximum atomic E-state index is 13.5. The standard InChI is InChI=1S/C15H17F2N3O/c16-13-3-1-2-11(15(13)17)10-14(21)19-12-4-7-20(8-5-12)9-6-18/h1-3,12H,4-5,7-10H2,(H,19,21). The zero-order chi connectivity index (χ0) is 15.2. The van der Waals surface area contributed by atoms with Crippen LogP contribution in [-0.2, 0) is 11.2 Å². The number of benzene rings is 1. The Hall–Kier alpha value is -2.00. The van der Waals surface area contributed by atoms with Crippen LogP contribution in [0.1, 0.15) is 18.4 Å². The average molecular weight is 293 g/mol. The third-order valence-corrected chi connectivity index (χ3v) is 3.63. The molecule has 1 N–H and O–H groups in total. The normalized spacial score (nSPS) is 16.4. The van der Waals surface area contributed by atoms with Gasteiger partial charge in [-0.25, -0.2) is 8.78 Å². The SMILES string of the molecule is N#CCN1CCC(NC(=O)Cc2cccc(F)c2F)CC1. The molecular formula is C15H17F2N3O. The highest BCUT2D eigenvalue weighted by atomic mass is 19.2. The van der Waals surface area contributed by atoms with Crippen molar-refractivity contribution >= 4 is 5.91 Å². The van der Waals surface area contributed by atoms with Gasteiger partial charge in [-0.3, -0.25) is 9.69 Å². The fourth-order valence-electron chi connectivity index (χ4n) is 2.47. The van der Waals surface area contributed by atoms with E-state index in [1.165, 1.54) is 12.1 Å². The minimum absolute atomic E-state index is 0.0315. The summed E-state index contributed by atoms with van der Waals surface area (Å²) in [5, 5.41) is 11.5. The molecule has 0 radical (unpaired) electrons. The third kappa shape index (κ3) is 4.23. The lowest BCUT2D eigenvalue weighted by Gasteiger charge is -2.30. The first kappa shape index (κ1) is 15.4. The molecule has 1 amide bonds. The average Bonchev–Trinajstić information content (AvgIpc) is 2.46. The molecule has 2 rings (SSSR count). The van der Waals surface area contributed by atoms with Crippen LogP contribution in [0.25, 0.3) is 0 Å². The van der Waals surface area contributed by atoms with Crippen molar-refractivity contribution in [3.63, 3.8) is 0 Å². The lowest BCUT2D eigenvalue weighted by atomic mass is 10.0. The van der Waals surface area contributed by atoms with Crippen molar-refractivity contribution in [3.8, 4) is 6.07 Å². The number of nitrogens with one attached hydrogen (secondary N) is 1. The van der Waals surface area contributed by atoms with Crippen molar-refractivity contribution in [2.75, 3.05) is 19.6 Å². The summed E-state index contributed by atoms with van der Waals surface area (Å²) in [6.45, 7) is 1.91. The van der Waals surface area contributed by atoms with Crippen LogP contribution in [0.2, 0.25) is 0 Å². The first-order valence-electron chi connectivity index (χ1n) is 6.91. The van der Waals surface area contributed by atoms with Gasteiger partial charge in [0.05, 0.1) is 19.0 Å². The smallest absolute Gasteiger partial charge is 0.224 e. The highest BCUT2D eigenvalue weighted by Crippen LogP contribution is 2.13. The monoisotopic (exact) mass is 293 g/mol. The summed E-state index contributed by atoms with van der Waals surface area (Å²) in [6.07, 6.45) is 1.36. The molecule has 0 aromatic heterocycles. The molecule has 1 aliphatic heterocycles. The highest BCUT2D eigenvalue weighted by Gasteiger charge is 2.21. The summed E-state index contributed by atoms with van der Waals surface area (Å²) >= 11 is 0. The van der Waals surface area contributed by atoms with E-state index in [4.69, 9.17) is 5.26 Å². The van der Waals surface area contributed by atoms with Gasteiger partial charge < -0.3 is 5.32 Å². The zero-order valence-corrected chi connectivity index (χ0v) is 11.6. The molecule has 0 saturated carbocycles. The van der Waals surface area contributed by atoms with E-state index in [9.17, 15) is 13.6 Å². The molecule has 1 heterocycles. The number of amides is 1. The Morgan fingerprint density at radius 3 is 2.76 bits per heavy atom. The van der Waals surface area contributed by atoms with E-state index < -0.39 is 11.6 Å². The Bertz CT molecular complexity index is 548. The molecule has 1 aliphatic rings. The molecule has 1 saturated heterocycles. The minimum atomic E-state index is -0.962. The Balaban J connectivity index is 1.83. The van der Waals surface area contributed by atoms with Crippen LogP contribution in [0, 0.1) is 23.0 Å². The zero-order valence-electron chi connectivity index (χ0n) is 11.6. The lowest BCUT2D eigenvalue weighted by Crippen LogP contribution is -2.45. The maximum Gasteiger partial charge on any atom is 0.224 e. The molecule has 0 bridgehead atoms. The van der Waals surface area contributed by atoms with Gasteiger partial charge in [0.15, 0.2) is 11.6 Å². The number of likely N-dealkylation sites (tertiary alicyclic amines) is 1. The molecular weight excluding hydrogens is 276 g/mol. The molecule has 112 valence electrons. The van der Waals surface area contributed by atoms with Crippen LogP contribution < -0.4 is 5.32 Å². The molecule has 21 heavy (non-hydrogen) atoms. The predicted molar refractivity (Wildman–Crippen MR) is 73.3 cm³/mol. The number of nitrogens with zero attached hydrogens (tertiary/aromatic N) is 2. The van der Waals surface area contributed by atoms with Gasteiger partial charge in [0, 0.05) is 24.7 Å². The van der Waals surface area contributed by atoms with Gasteiger partial charge in [-0.2, -0.15) is 5.26 Å². The van der Waals surface area contributed by atoms with E-state index >= 15 is 0 Å². The maximum absolute atomic E-state index is 13.5. The Kier molecular flexibility index (Phi) is 5.23. The molecule has 1 fully saturated rings. The topological polar surface area (TPSA) is 56.1 Å². The number of rotatable bonds is 4. The predicted octanol–water partition coefficient (Wildman–Crippen LogP) is 1.61. The highest BCUT2D eigenvalue weighted by molar-refractivity contribution is 5.78. The molecule has 0 unspecified atom stereocenters. The van der Waals surface area contributed by atoms with Crippen molar-refractivity contribution in [3.05, 3.63) is 35.4 Å². The van der Waals surface area contributed by atoms with Gasteiger partial charge in [-0.1, -0.05) is 12.1 Å². The number of hydrogen-bond acceptors (Lipinski definition) is 3. The van der Waals surface area contributed by atoms with Crippen molar-refractivity contribution in [1.82, 2.24) is 10.2 Å². The molecule has 6 heteroatoms. The van der Waals surface area contributed by atoms with Gasteiger partial charge in [-0.15, -0.1) is 0 Å². The summed E-state index contributed by atoms with van der Waals surface area (Å²) in [5.74, 6) is -2.21. The summed E-state index contributed by atoms with van der Waals surface area (Å²) in [7, 11) is 0. The molecule has 1 aromatic rings. The van der Waals surface area contributed by atoms with Crippen LogP contribution in [-0.4, -0.2) is 36.5 Å². The minimum Gasteiger partial charge on any atom is -0.353 e. The van der Waals surface area contributed by atoms with Crippen LogP contribution in [0.5, 0.6) is 0 Å². The Labute approximate surface area is 122 Å². The van der Waals surface area contributed by atoms with E-state index in [1.807, 2.05) is 4.90 Å². The first-order valence-corrected chi connectivity index (χ1v) is 6.91. The molecule has 4 nitrogen and oxygen atoms in total. The van der Waals surface area contributed by atoms with E-state index in [-0.39, 0.29) is 23.9 Å². The quantitative estimate of drug-likeness (QED) is 0.858. The van der Waals surface area contributed by atoms with Gasteiger partial charge in [0.2, 0.25) is 5.91 Å². The van der Waals surface area contributed by atoms with Gasteiger partial charge in [0.25, 0.3) is 0 Å². The Morgan fingerprint density at radius 1 is 1.38 bits per heavy atom. The number of halogens is 2. The largest absolute Gasteiger partial charge is 0.353 e. The van der Waals surface area contributed by atoms with Crippen LogP contribution in [0.15, 0.2) is 18.2 Å². The number of piperidine rings is 1. The van der Waals surface area contributed by atoms with Crippen LogP contribution >= 0.6 is 0 Å². The summed E-state index contributed by atoms with van der Waals surface area (Å²) in [4.78, 5) is 13.9. The van der Waals surface area contributed by atoms with Gasteiger partial charge in [0.1, 0.15) is 0 Å². The van der Waals surface area contributed by atoms with Crippen molar-refractivity contribution in [1.29, 1.82) is 5.26 Å². The fourth-order valence-corrected chi connectivity index (χ4v) is 2.47. The van der Waals surface area contributed by atoms with Gasteiger partial charge >= 0.3 is 0 Å². The van der Waals surface area contributed by atoms with E-state index in [0.717, 1.165) is 32.0 Å². The fraction of sp³-hybridized carbons (Fsp3) is 0.467. The molecule has 0 aliphatic carbocycles. The molecule has 0 atom stereocenters. The second kappa shape index (κ2) is 7.14. The lowest BCUT2D eigenvalue weighted by molar-refractivity contribution is -0.121. The number of carbonyl (C=O) groups excluding carboxylic acids is 1. The second-order valence-corrected chi connectivity index (χ2v) is 5.17. The number of hydrogen-bond donors (Lipinski definition) is 1.